The average molecular weight is 293 g/mol. The zero-order valence-electron chi connectivity index (χ0n) is 13.6. The van der Waals surface area contributed by atoms with E-state index >= 15 is 0 Å². The van der Waals surface area contributed by atoms with Gasteiger partial charge in [-0.25, -0.2) is 9.97 Å². The molecule has 2 rings (SSSR count). The van der Waals surface area contributed by atoms with Crippen molar-refractivity contribution in [2.45, 2.75) is 71.7 Å². The molecule has 2 unspecified atom stereocenters. The van der Waals surface area contributed by atoms with Crippen molar-refractivity contribution in [3.63, 3.8) is 0 Å². The van der Waals surface area contributed by atoms with E-state index in [1.165, 1.54) is 0 Å². The molecule has 1 aromatic heterocycles. The minimum atomic E-state index is 0.170. The summed E-state index contributed by atoms with van der Waals surface area (Å²) in [5, 5.41) is 3.30. The van der Waals surface area contributed by atoms with Crippen molar-refractivity contribution in [2.24, 2.45) is 0 Å². The maximum absolute atomic E-state index is 6.20. The molecule has 1 aliphatic heterocycles. The van der Waals surface area contributed by atoms with Crippen molar-refractivity contribution in [2.75, 3.05) is 11.9 Å². The summed E-state index contributed by atoms with van der Waals surface area (Å²) in [6.45, 7) is 9.27. The Hall–Kier alpha value is -1.36. The number of hydrogen-bond donors (Lipinski definition) is 1. The second-order valence-corrected chi connectivity index (χ2v) is 5.75. The van der Waals surface area contributed by atoms with Crippen molar-refractivity contribution in [3.05, 3.63) is 11.9 Å². The standard InChI is InChI=1S/C16H27N3O2/c1-5-7-14-15(17-6-2)18-10-19-16(14)21-13-8-11(3)20-12(4)9-13/h10-13H,5-9H2,1-4H3,(H,17,18,19). The van der Waals surface area contributed by atoms with E-state index in [2.05, 4.69) is 43.0 Å². The van der Waals surface area contributed by atoms with Gasteiger partial charge < -0.3 is 14.8 Å². The summed E-state index contributed by atoms with van der Waals surface area (Å²) in [4.78, 5) is 8.71. The summed E-state index contributed by atoms with van der Waals surface area (Å²) in [6.07, 6.45) is 6.02. The summed E-state index contributed by atoms with van der Waals surface area (Å²) < 4.78 is 12.0. The molecule has 0 aliphatic carbocycles. The van der Waals surface area contributed by atoms with Gasteiger partial charge in [-0.15, -0.1) is 0 Å². The molecule has 2 heterocycles. The molecule has 1 aliphatic rings. The van der Waals surface area contributed by atoms with E-state index in [-0.39, 0.29) is 18.3 Å². The first-order valence-electron chi connectivity index (χ1n) is 8.03. The molecule has 2 atom stereocenters. The van der Waals surface area contributed by atoms with Gasteiger partial charge in [-0.05, 0) is 27.2 Å². The molecular formula is C16H27N3O2. The zero-order valence-corrected chi connectivity index (χ0v) is 13.6. The lowest BCUT2D eigenvalue weighted by molar-refractivity contribution is -0.0731. The number of anilines is 1. The highest BCUT2D eigenvalue weighted by molar-refractivity contribution is 5.48. The van der Waals surface area contributed by atoms with Gasteiger partial charge in [0.1, 0.15) is 18.2 Å². The van der Waals surface area contributed by atoms with Gasteiger partial charge in [0.25, 0.3) is 0 Å². The average Bonchev–Trinajstić information content (AvgIpc) is 2.41. The quantitative estimate of drug-likeness (QED) is 0.873. The van der Waals surface area contributed by atoms with Crippen LogP contribution in [0.4, 0.5) is 5.82 Å². The highest BCUT2D eigenvalue weighted by atomic mass is 16.5. The molecular weight excluding hydrogens is 266 g/mol. The maximum atomic E-state index is 6.20. The third-order valence-corrected chi connectivity index (χ3v) is 3.68. The molecule has 0 aromatic carbocycles. The van der Waals surface area contributed by atoms with Crippen LogP contribution in [0.3, 0.4) is 0 Å². The minimum absolute atomic E-state index is 0.170. The molecule has 21 heavy (non-hydrogen) atoms. The van der Waals surface area contributed by atoms with Crippen molar-refractivity contribution in [1.29, 1.82) is 0 Å². The third kappa shape index (κ3) is 4.30. The maximum Gasteiger partial charge on any atom is 0.222 e. The lowest BCUT2D eigenvalue weighted by Gasteiger charge is -2.32. The Labute approximate surface area is 127 Å². The van der Waals surface area contributed by atoms with E-state index in [1.54, 1.807) is 6.33 Å². The Morgan fingerprint density at radius 3 is 2.57 bits per heavy atom. The lowest BCUT2D eigenvalue weighted by Crippen LogP contribution is -2.36. The highest BCUT2D eigenvalue weighted by Crippen LogP contribution is 2.28. The topological polar surface area (TPSA) is 56.3 Å². The van der Waals surface area contributed by atoms with Crippen LogP contribution in [0, 0.1) is 0 Å². The minimum Gasteiger partial charge on any atom is -0.474 e. The van der Waals surface area contributed by atoms with Crippen LogP contribution in [0.5, 0.6) is 5.88 Å². The fourth-order valence-corrected chi connectivity index (χ4v) is 2.89. The van der Waals surface area contributed by atoms with Crippen LogP contribution in [-0.2, 0) is 11.2 Å². The Morgan fingerprint density at radius 2 is 1.95 bits per heavy atom. The first-order chi connectivity index (χ1) is 10.1. The summed E-state index contributed by atoms with van der Waals surface area (Å²) >= 11 is 0. The van der Waals surface area contributed by atoms with Gasteiger partial charge in [-0.2, -0.15) is 0 Å². The van der Waals surface area contributed by atoms with Crippen molar-refractivity contribution < 1.29 is 9.47 Å². The van der Waals surface area contributed by atoms with Gasteiger partial charge in [0.2, 0.25) is 5.88 Å². The largest absolute Gasteiger partial charge is 0.474 e. The summed E-state index contributed by atoms with van der Waals surface area (Å²) in [5.41, 5.74) is 1.09. The summed E-state index contributed by atoms with van der Waals surface area (Å²) in [7, 11) is 0. The molecule has 0 radical (unpaired) electrons. The van der Waals surface area contributed by atoms with Gasteiger partial charge >= 0.3 is 0 Å². The van der Waals surface area contributed by atoms with Crippen LogP contribution in [-0.4, -0.2) is 34.8 Å². The van der Waals surface area contributed by atoms with Gasteiger partial charge in [0, 0.05) is 19.4 Å². The van der Waals surface area contributed by atoms with Crippen LogP contribution in [0.1, 0.15) is 52.5 Å². The first-order valence-corrected chi connectivity index (χ1v) is 8.03. The molecule has 5 nitrogen and oxygen atoms in total. The molecule has 5 heteroatoms. The zero-order chi connectivity index (χ0) is 15.2. The molecule has 1 saturated heterocycles. The van der Waals surface area contributed by atoms with Crippen molar-refractivity contribution >= 4 is 5.82 Å². The SMILES string of the molecule is CCCc1c(NCC)ncnc1OC1CC(C)OC(C)C1. The van der Waals surface area contributed by atoms with E-state index in [4.69, 9.17) is 9.47 Å². The van der Waals surface area contributed by atoms with E-state index < -0.39 is 0 Å². The van der Waals surface area contributed by atoms with Gasteiger partial charge in [-0.3, -0.25) is 0 Å². The van der Waals surface area contributed by atoms with Crippen LogP contribution in [0.25, 0.3) is 0 Å². The highest BCUT2D eigenvalue weighted by Gasteiger charge is 2.27. The summed E-state index contributed by atoms with van der Waals surface area (Å²) in [6, 6.07) is 0. The lowest BCUT2D eigenvalue weighted by atomic mass is 10.0. The molecule has 1 fully saturated rings. The number of ether oxygens (including phenoxy) is 2. The predicted octanol–water partition coefficient (Wildman–Crippen LogP) is 3.20. The molecule has 1 N–H and O–H groups in total. The molecule has 1 aromatic rings. The van der Waals surface area contributed by atoms with E-state index in [0.29, 0.717) is 0 Å². The third-order valence-electron chi connectivity index (χ3n) is 3.68. The molecule has 0 saturated carbocycles. The van der Waals surface area contributed by atoms with Crippen LogP contribution in [0.15, 0.2) is 6.33 Å². The molecule has 0 amide bonds. The second-order valence-electron chi connectivity index (χ2n) is 5.75. The number of nitrogens with one attached hydrogen (secondary N) is 1. The number of hydrogen-bond acceptors (Lipinski definition) is 5. The van der Waals surface area contributed by atoms with Crippen LogP contribution in [0.2, 0.25) is 0 Å². The smallest absolute Gasteiger partial charge is 0.222 e. The monoisotopic (exact) mass is 293 g/mol. The first kappa shape index (κ1) is 16.0. The number of rotatable bonds is 6. The fourth-order valence-electron chi connectivity index (χ4n) is 2.89. The van der Waals surface area contributed by atoms with Crippen molar-refractivity contribution in [1.82, 2.24) is 9.97 Å². The van der Waals surface area contributed by atoms with Gasteiger partial charge in [-0.1, -0.05) is 13.3 Å². The Morgan fingerprint density at radius 1 is 1.24 bits per heavy atom. The molecule has 0 bridgehead atoms. The van der Waals surface area contributed by atoms with Crippen LogP contribution < -0.4 is 10.1 Å². The van der Waals surface area contributed by atoms with Crippen molar-refractivity contribution in [3.8, 4) is 5.88 Å². The van der Waals surface area contributed by atoms with Gasteiger partial charge in [0.15, 0.2) is 0 Å². The predicted molar refractivity (Wildman–Crippen MR) is 83.8 cm³/mol. The number of aromatic nitrogens is 2. The number of nitrogens with zero attached hydrogens (tertiary/aromatic N) is 2. The second kappa shape index (κ2) is 7.59. The van der Waals surface area contributed by atoms with E-state index in [9.17, 15) is 0 Å². The van der Waals surface area contributed by atoms with Gasteiger partial charge in [0.05, 0.1) is 17.8 Å². The van der Waals surface area contributed by atoms with E-state index in [1.807, 2.05) is 0 Å². The Kier molecular flexibility index (Phi) is 5.79. The molecule has 118 valence electrons. The summed E-state index contributed by atoms with van der Waals surface area (Å²) in [5.74, 6) is 1.63. The Balaban J connectivity index is 2.16. The molecule has 0 spiro atoms. The fraction of sp³-hybridized carbons (Fsp3) is 0.750. The van der Waals surface area contributed by atoms with Crippen LogP contribution >= 0.6 is 0 Å². The Bertz CT molecular complexity index is 443. The van der Waals surface area contributed by atoms with E-state index in [0.717, 1.165) is 49.5 Å². The normalized spacial score (nSPS) is 25.6.